The predicted octanol–water partition coefficient (Wildman–Crippen LogP) is 4.72. The van der Waals surface area contributed by atoms with Crippen molar-refractivity contribution in [2.75, 3.05) is 0 Å². The molecule has 0 N–H and O–H groups in total. The fourth-order valence-corrected chi connectivity index (χ4v) is 4.83. The number of ketones is 1. The second-order valence-corrected chi connectivity index (χ2v) is 7.62. The predicted molar refractivity (Wildman–Crippen MR) is 83.6 cm³/mol. The van der Waals surface area contributed by atoms with Gasteiger partial charge in [-0.3, -0.25) is 4.79 Å². The lowest BCUT2D eigenvalue weighted by atomic mass is 10.2. The number of benzene rings is 1. The van der Waals surface area contributed by atoms with Crippen molar-refractivity contribution in [2.24, 2.45) is 0 Å². The fourth-order valence-electron chi connectivity index (χ4n) is 1.73. The van der Waals surface area contributed by atoms with E-state index in [1.807, 2.05) is 42.6 Å². The Labute approximate surface area is 123 Å². The molecule has 0 aliphatic heterocycles. The summed E-state index contributed by atoms with van der Waals surface area (Å²) in [7, 11) is 0. The van der Waals surface area contributed by atoms with Crippen LogP contribution in [0.5, 0.6) is 0 Å². The molecule has 0 aliphatic carbocycles. The van der Waals surface area contributed by atoms with Crippen molar-refractivity contribution in [1.29, 1.82) is 0 Å². The van der Waals surface area contributed by atoms with Gasteiger partial charge in [0.2, 0.25) is 0 Å². The second kappa shape index (κ2) is 5.45. The van der Waals surface area contributed by atoms with Gasteiger partial charge in [-0.2, -0.15) is 0 Å². The third-order valence-corrected chi connectivity index (χ3v) is 5.80. The van der Waals surface area contributed by atoms with E-state index in [0.717, 1.165) is 14.7 Å². The Hall–Kier alpha value is -1.17. The number of fused-ring (bicyclic) bond motifs is 1. The lowest BCUT2D eigenvalue weighted by molar-refractivity contribution is 0.0998. The summed E-state index contributed by atoms with van der Waals surface area (Å²) < 4.78 is 2.12. The third-order valence-electron chi connectivity index (χ3n) is 2.69. The molecule has 0 fully saturated rings. The molecular formula is C14H11NOS3. The number of para-hydroxylation sites is 1. The normalized spacial score (nSPS) is 12.7. The maximum atomic E-state index is 12.2. The van der Waals surface area contributed by atoms with Crippen molar-refractivity contribution < 1.29 is 4.79 Å². The molecule has 0 saturated carbocycles. The standard InChI is InChI=1S/C14H11NOS3/c1-9(13(16)12-7-4-8-17-12)18-14-15-10-5-2-3-6-11(10)19-14/h2-9H,1H3. The van der Waals surface area contributed by atoms with Crippen LogP contribution >= 0.6 is 34.4 Å². The zero-order valence-corrected chi connectivity index (χ0v) is 12.6. The van der Waals surface area contributed by atoms with Crippen LogP contribution in [0.3, 0.4) is 0 Å². The van der Waals surface area contributed by atoms with Gasteiger partial charge in [0.05, 0.1) is 20.3 Å². The first-order chi connectivity index (χ1) is 9.24. The van der Waals surface area contributed by atoms with Crippen LogP contribution in [-0.4, -0.2) is 16.0 Å². The summed E-state index contributed by atoms with van der Waals surface area (Å²) in [4.78, 5) is 17.6. The van der Waals surface area contributed by atoms with Gasteiger partial charge in [-0.05, 0) is 30.5 Å². The van der Waals surface area contributed by atoms with Crippen LogP contribution in [0.1, 0.15) is 16.6 Å². The zero-order chi connectivity index (χ0) is 13.2. The van der Waals surface area contributed by atoms with E-state index in [4.69, 9.17) is 0 Å². The highest BCUT2D eigenvalue weighted by Crippen LogP contribution is 2.33. The summed E-state index contributed by atoms with van der Waals surface area (Å²) >= 11 is 4.68. The van der Waals surface area contributed by atoms with E-state index in [-0.39, 0.29) is 11.0 Å². The minimum Gasteiger partial charge on any atom is -0.292 e. The summed E-state index contributed by atoms with van der Waals surface area (Å²) in [5, 5.41) is 1.83. The molecule has 3 aromatic rings. The fraction of sp³-hybridized carbons (Fsp3) is 0.143. The smallest absolute Gasteiger partial charge is 0.185 e. The van der Waals surface area contributed by atoms with E-state index >= 15 is 0 Å². The number of carbonyl (C=O) groups is 1. The molecular weight excluding hydrogens is 294 g/mol. The number of rotatable bonds is 4. The van der Waals surface area contributed by atoms with Gasteiger partial charge in [0.1, 0.15) is 0 Å². The molecule has 2 aromatic heterocycles. The maximum absolute atomic E-state index is 12.2. The molecule has 0 radical (unpaired) electrons. The Balaban J connectivity index is 1.79. The largest absolute Gasteiger partial charge is 0.292 e. The van der Waals surface area contributed by atoms with Crippen LogP contribution in [0.25, 0.3) is 10.2 Å². The monoisotopic (exact) mass is 305 g/mol. The molecule has 1 atom stereocenters. The summed E-state index contributed by atoms with van der Waals surface area (Å²) in [5.74, 6) is 0.180. The van der Waals surface area contributed by atoms with Gasteiger partial charge in [0, 0.05) is 0 Å². The highest BCUT2D eigenvalue weighted by molar-refractivity contribution is 8.02. The average molecular weight is 305 g/mol. The molecule has 0 spiro atoms. The van der Waals surface area contributed by atoms with Gasteiger partial charge < -0.3 is 0 Å². The Morgan fingerprint density at radius 3 is 2.84 bits per heavy atom. The van der Waals surface area contributed by atoms with Crippen molar-refractivity contribution in [3.63, 3.8) is 0 Å². The minimum atomic E-state index is -0.0980. The van der Waals surface area contributed by atoms with Gasteiger partial charge in [-0.15, -0.1) is 22.7 Å². The van der Waals surface area contributed by atoms with Gasteiger partial charge in [-0.1, -0.05) is 30.0 Å². The van der Waals surface area contributed by atoms with E-state index in [9.17, 15) is 4.79 Å². The first-order valence-electron chi connectivity index (χ1n) is 5.84. The Morgan fingerprint density at radius 1 is 1.26 bits per heavy atom. The van der Waals surface area contributed by atoms with E-state index in [2.05, 4.69) is 11.1 Å². The first kappa shape index (κ1) is 12.8. The molecule has 5 heteroatoms. The molecule has 96 valence electrons. The number of aromatic nitrogens is 1. The van der Waals surface area contributed by atoms with E-state index < -0.39 is 0 Å². The number of hydrogen-bond donors (Lipinski definition) is 0. The van der Waals surface area contributed by atoms with Crippen LogP contribution in [0.4, 0.5) is 0 Å². The summed E-state index contributed by atoms with van der Waals surface area (Å²) in [6, 6.07) is 11.8. The molecule has 0 aliphatic rings. The number of Topliss-reactive ketones (excluding diaryl/α,β-unsaturated/α-hetero) is 1. The highest BCUT2D eigenvalue weighted by atomic mass is 32.2. The molecule has 19 heavy (non-hydrogen) atoms. The second-order valence-electron chi connectivity index (χ2n) is 4.05. The number of carbonyl (C=O) groups excluding carboxylic acids is 1. The van der Waals surface area contributed by atoms with Crippen LogP contribution < -0.4 is 0 Å². The molecule has 1 unspecified atom stereocenters. The molecule has 0 amide bonds. The summed E-state index contributed by atoms with van der Waals surface area (Å²) in [6.45, 7) is 1.94. The van der Waals surface area contributed by atoms with Gasteiger partial charge >= 0.3 is 0 Å². The van der Waals surface area contributed by atoms with E-state index in [0.29, 0.717) is 0 Å². The van der Waals surface area contributed by atoms with E-state index in [1.165, 1.54) is 16.0 Å². The first-order valence-corrected chi connectivity index (χ1v) is 8.41. The van der Waals surface area contributed by atoms with Gasteiger partial charge in [0.25, 0.3) is 0 Å². The number of thioether (sulfide) groups is 1. The molecule has 2 heterocycles. The number of nitrogens with zero attached hydrogens (tertiary/aromatic N) is 1. The zero-order valence-electron chi connectivity index (χ0n) is 10.2. The van der Waals surface area contributed by atoms with Crippen LogP contribution in [0.2, 0.25) is 0 Å². The summed E-state index contributed by atoms with van der Waals surface area (Å²) in [5.41, 5.74) is 1.01. The van der Waals surface area contributed by atoms with Gasteiger partial charge in [-0.25, -0.2) is 4.98 Å². The Bertz CT molecular complexity index is 669. The SMILES string of the molecule is CC(Sc1nc2ccccc2s1)C(=O)c1cccs1. The van der Waals surface area contributed by atoms with Crippen LogP contribution in [-0.2, 0) is 0 Å². The highest BCUT2D eigenvalue weighted by Gasteiger charge is 2.19. The Morgan fingerprint density at radius 2 is 2.11 bits per heavy atom. The summed E-state index contributed by atoms with van der Waals surface area (Å²) in [6.07, 6.45) is 0. The molecule has 2 nitrogen and oxygen atoms in total. The lowest BCUT2D eigenvalue weighted by Crippen LogP contribution is -2.11. The van der Waals surface area contributed by atoms with Crippen molar-refractivity contribution >= 4 is 50.4 Å². The molecule has 3 rings (SSSR count). The van der Waals surface area contributed by atoms with E-state index in [1.54, 1.807) is 23.1 Å². The van der Waals surface area contributed by atoms with Crippen LogP contribution in [0.15, 0.2) is 46.1 Å². The topological polar surface area (TPSA) is 30.0 Å². The maximum Gasteiger partial charge on any atom is 0.185 e. The number of thiazole rings is 1. The quantitative estimate of drug-likeness (QED) is 0.516. The van der Waals surface area contributed by atoms with Crippen LogP contribution in [0, 0.1) is 0 Å². The number of thiophene rings is 1. The lowest BCUT2D eigenvalue weighted by Gasteiger charge is -2.05. The van der Waals surface area contributed by atoms with Crippen molar-refractivity contribution in [3.8, 4) is 0 Å². The third kappa shape index (κ3) is 2.73. The molecule has 0 saturated heterocycles. The minimum absolute atomic E-state index is 0.0980. The number of hydrogen-bond acceptors (Lipinski definition) is 5. The molecule has 0 bridgehead atoms. The Kier molecular flexibility index (Phi) is 3.68. The average Bonchev–Trinajstić information content (AvgIpc) is 3.06. The van der Waals surface area contributed by atoms with Crippen molar-refractivity contribution in [2.45, 2.75) is 16.5 Å². The van der Waals surface area contributed by atoms with Gasteiger partial charge in [0.15, 0.2) is 10.1 Å². The van der Waals surface area contributed by atoms with Crippen molar-refractivity contribution in [3.05, 3.63) is 46.7 Å². The van der Waals surface area contributed by atoms with Crippen molar-refractivity contribution in [1.82, 2.24) is 4.98 Å². The molecule has 1 aromatic carbocycles.